The summed E-state index contributed by atoms with van der Waals surface area (Å²) < 4.78 is 88.4. The molecule has 0 saturated heterocycles. The number of phenolic OH excluding ortho intramolecular Hbond substituents is 1. The largest absolute Gasteiger partial charge is 0.507 e. The van der Waals surface area contributed by atoms with Crippen LogP contribution in [0.2, 0.25) is 0 Å². The predicted octanol–water partition coefficient (Wildman–Crippen LogP) is 4.21. The number of aromatic amines is 1. The second-order valence-corrected chi connectivity index (χ2v) is 12.3. The van der Waals surface area contributed by atoms with Gasteiger partial charge in [0.2, 0.25) is 10.0 Å². The Morgan fingerprint density at radius 3 is 2.18 bits per heavy atom. The highest BCUT2D eigenvalue weighted by molar-refractivity contribution is 7.92. The first-order valence-corrected chi connectivity index (χ1v) is 12.9. The average Bonchev–Trinajstić information content (AvgIpc) is 3.03. The maximum atomic E-state index is 12.9. The van der Waals surface area contributed by atoms with E-state index in [9.17, 15) is 35.1 Å². The van der Waals surface area contributed by atoms with Gasteiger partial charge >= 0.3 is 5.51 Å². The van der Waals surface area contributed by atoms with Crippen molar-refractivity contribution in [2.45, 2.75) is 43.5 Å². The van der Waals surface area contributed by atoms with E-state index in [1.165, 1.54) is 6.07 Å². The van der Waals surface area contributed by atoms with E-state index < -0.39 is 35.7 Å². The van der Waals surface area contributed by atoms with Crippen molar-refractivity contribution >= 4 is 36.6 Å². The number of H-pyrrole nitrogens is 1. The van der Waals surface area contributed by atoms with Crippen LogP contribution < -0.4 is 4.72 Å². The third kappa shape index (κ3) is 4.64. The SMILES string of the molecule is Cc1c(NS(C)(=O)=O)cc(C(C)(C)C)c(O)c1-c1nc2cc(S(=O)(=O)C(F)(F)F)ccc2[nH]1. The number of halogens is 3. The maximum Gasteiger partial charge on any atom is 0.501 e. The van der Waals surface area contributed by atoms with Gasteiger partial charge in [0.1, 0.15) is 11.6 Å². The fraction of sp³-hybridized carbons (Fsp3) is 0.350. The number of nitrogens with zero attached hydrogens (tertiary/aromatic N) is 1. The van der Waals surface area contributed by atoms with E-state index in [4.69, 9.17) is 0 Å². The Morgan fingerprint density at radius 2 is 1.67 bits per heavy atom. The van der Waals surface area contributed by atoms with Crippen LogP contribution in [-0.2, 0) is 25.3 Å². The molecule has 13 heteroatoms. The summed E-state index contributed by atoms with van der Waals surface area (Å²) in [6.07, 6.45) is 0.972. The van der Waals surface area contributed by atoms with Gasteiger partial charge in [-0.15, -0.1) is 0 Å². The molecular weight excluding hydrogens is 483 g/mol. The molecule has 0 amide bonds. The molecule has 1 heterocycles. The minimum absolute atomic E-state index is 0.0317. The number of hydrogen-bond donors (Lipinski definition) is 3. The zero-order valence-corrected chi connectivity index (χ0v) is 19.9. The Morgan fingerprint density at radius 1 is 1.06 bits per heavy atom. The van der Waals surface area contributed by atoms with Crippen molar-refractivity contribution in [3.8, 4) is 17.1 Å². The molecule has 2 aromatic carbocycles. The minimum Gasteiger partial charge on any atom is -0.507 e. The third-order valence-corrected chi connectivity index (χ3v) is 7.04. The van der Waals surface area contributed by atoms with Crippen LogP contribution in [-0.4, -0.2) is 43.7 Å². The lowest BCUT2D eigenvalue weighted by atomic mass is 9.83. The summed E-state index contributed by atoms with van der Waals surface area (Å²) in [5.74, 6) is -0.162. The predicted molar refractivity (Wildman–Crippen MR) is 118 cm³/mol. The molecule has 0 saturated carbocycles. The molecule has 0 spiro atoms. The maximum absolute atomic E-state index is 12.9. The van der Waals surface area contributed by atoms with Gasteiger partial charge in [-0.1, -0.05) is 20.8 Å². The van der Waals surface area contributed by atoms with Crippen LogP contribution in [0.4, 0.5) is 18.9 Å². The monoisotopic (exact) mass is 505 g/mol. The van der Waals surface area contributed by atoms with Gasteiger partial charge in [-0.2, -0.15) is 13.2 Å². The summed E-state index contributed by atoms with van der Waals surface area (Å²) in [5.41, 5.74) is -4.90. The molecule has 0 aliphatic carbocycles. The van der Waals surface area contributed by atoms with Gasteiger partial charge in [-0.25, -0.2) is 21.8 Å². The number of anilines is 1. The Labute approximate surface area is 188 Å². The zero-order chi connectivity index (χ0) is 25.1. The van der Waals surface area contributed by atoms with Crippen molar-refractivity contribution in [2.75, 3.05) is 11.0 Å². The van der Waals surface area contributed by atoms with Crippen LogP contribution in [0, 0.1) is 6.92 Å². The lowest BCUT2D eigenvalue weighted by molar-refractivity contribution is -0.0435. The highest BCUT2D eigenvalue weighted by Gasteiger charge is 2.47. The molecule has 1 aromatic heterocycles. The number of phenols is 1. The van der Waals surface area contributed by atoms with Gasteiger partial charge < -0.3 is 10.1 Å². The lowest BCUT2D eigenvalue weighted by Crippen LogP contribution is -2.23. The quantitative estimate of drug-likeness (QED) is 0.456. The fourth-order valence-corrected chi connectivity index (χ4v) is 4.73. The van der Waals surface area contributed by atoms with Crippen LogP contribution >= 0.6 is 0 Å². The fourth-order valence-electron chi connectivity index (χ4n) is 3.34. The van der Waals surface area contributed by atoms with Crippen molar-refractivity contribution in [3.05, 3.63) is 35.4 Å². The number of aromatic nitrogens is 2. The van der Waals surface area contributed by atoms with Gasteiger partial charge in [0.05, 0.1) is 33.4 Å². The van der Waals surface area contributed by atoms with Crippen molar-refractivity contribution < 1.29 is 35.1 Å². The number of rotatable bonds is 4. The number of hydrogen-bond acceptors (Lipinski definition) is 6. The molecule has 0 aliphatic heterocycles. The first-order chi connectivity index (χ1) is 14.8. The average molecular weight is 506 g/mol. The number of benzene rings is 2. The molecule has 0 fully saturated rings. The van der Waals surface area contributed by atoms with Gasteiger partial charge in [0.15, 0.2) is 0 Å². The van der Waals surface area contributed by atoms with Crippen molar-refractivity contribution in [3.63, 3.8) is 0 Å². The number of alkyl halides is 3. The highest BCUT2D eigenvalue weighted by Crippen LogP contribution is 2.43. The Kier molecular flexibility index (Phi) is 5.74. The van der Waals surface area contributed by atoms with E-state index >= 15 is 0 Å². The van der Waals surface area contributed by atoms with Crippen LogP contribution in [0.15, 0.2) is 29.2 Å². The van der Waals surface area contributed by atoms with E-state index in [1.54, 1.807) is 27.7 Å². The minimum atomic E-state index is -5.57. The second-order valence-electron chi connectivity index (χ2n) is 8.66. The van der Waals surface area contributed by atoms with E-state index in [-0.39, 0.29) is 33.9 Å². The lowest BCUT2D eigenvalue weighted by Gasteiger charge is -2.24. The zero-order valence-electron chi connectivity index (χ0n) is 18.3. The highest BCUT2D eigenvalue weighted by atomic mass is 32.2. The van der Waals surface area contributed by atoms with Crippen molar-refractivity contribution in [1.29, 1.82) is 0 Å². The summed E-state index contributed by atoms with van der Waals surface area (Å²) in [7, 11) is -9.24. The first kappa shape index (κ1) is 24.8. The number of sulfone groups is 1. The van der Waals surface area contributed by atoms with Crippen LogP contribution in [0.1, 0.15) is 31.9 Å². The van der Waals surface area contributed by atoms with Gasteiger partial charge in [-0.3, -0.25) is 4.72 Å². The van der Waals surface area contributed by atoms with Crippen molar-refractivity contribution in [1.82, 2.24) is 9.97 Å². The van der Waals surface area contributed by atoms with E-state index in [0.717, 1.165) is 24.5 Å². The molecule has 0 atom stereocenters. The first-order valence-electron chi connectivity index (χ1n) is 9.49. The number of fused-ring (bicyclic) bond motifs is 1. The summed E-state index contributed by atoms with van der Waals surface area (Å²) in [6, 6.07) is 4.24. The van der Waals surface area contributed by atoms with Crippen molar-refractivity contribution in [2.24, 2.45) is 0 Å². The number of nitrogens with one attached hydrogen (secondary N) is 2. The molecule has 0 radical (unpaired) electrons. The second kappa shape index (κ2) is 7.62. The molecule has 0 bridgehead atoms. The summed E-state index contributed by atoms with van der Waals surface area (Å²) in [6.45, 7) is 6.96. The molecule has 33 heavy (non-hydrogen) atoms. The Balaban J connectivity index is 2.29. The summed E-state index contributed by atoms with van der Waals surface area (Å²) in [4.78, 5) is 6.08. The normalized spacial score (nSPS) is 13.5. The van der Waals surface area contributed by atoms with E-state index in [0.29, 0.717) is 11.1 Å². The summed E-state index contributed by atoms with van der Waals surface area (Å²) in [5, 5.41) is 11.0. The molecule has 3 aromatic rings. The van der Waals surface area contributed by atoms with Gasteiger partial charge in [0.25, 0.3) is 9.84 Å². The van der Waals surface area contributed by atoms with Crippen LogP contribution in [0.5, 0.6) is 5.75 Å². The van der Waals surface area contributed by atoms with Crippen LogP contribution in [0.3, 0.4) is 0 Å². The number of aromatic hydroxyl groups is 1. The molecular formula is C20H22F3N3O5S2. The topological polar surface area (TPSA) is 129 Å². The molecule has 3 N–H and O–H groups in total. The van der Waals surface area contributed by atoms with Crippen LogP contribution in [0.25, 0.3) is 22.4 Å². The standard InChI is InChI=1S/C20H22F3N3O5S2/c1-10-14(26-32(5,28)29)9-12(19(2,3)4)17(27)16(10)18-24-13-7-6-11(8-15(13)25-18)33(30,31)20(21,22)23/h6-9,26-27H,1-5H3,(H,24,25). The third-order valence-electron chi connectivity index (χ3n) is 4.97. The molecule has 180 valence electrons. The van der Waals surface area contributed by atoms with Gasteiger partial charge in [0, 0.05) is 5.56 Å². The number of sulfonamides is 1. The smallest absolute Gasteiger partial charge is 0.501 e. The molecule has 8 nitrogen and oxygen atoms in total. The van der Waals surface area contributed by atoms with E-state index in [1.807, 2.05) is 0 Å². The van der Waals surface area contributed by atoms with Gasteiger partial charge in [-0.05, 0) is 42.2 Å². The van der Waals surface area contributed by atoms with E-state index in [2.05, 4.69) is 14.7 Å². The molecule has 3 rings (SSSR count). The number of imidazole rings is 1. The Hall–Kier alpha value is -2.80. The Bertz CT molecular complexity index is 1470. The molecule has 0 unspecified atom stereocenters. The molecule has 0 aliphatic rings. The summed E-state index contributed by atoms with van der Waals surface area (Å²) >= 11 is 0.